The normalized spacial score (nSPS) is 21.1. The zero-order valence-corrected chi connectivity index (χ0v) is 14.0. The summed E-state index contributed by atoms with van der Waals surface area (Å²) in [6, 6.07) is 0.245. The van der Waals surface area contributed by atoms with E-state index in [0.29, 0.717) is 11.8 Å². The number of hydrogen-bond donors (Lipinski definition) is 1. The van der Waals surface area contributed by atoms with E-state index in [-0.39, 0.29) is 17.5 Å². The molecule has 0 bridgehead atoms. The predicted molar refractivity (Wildman–Crippen MR) is 82.8 cm³/mol. The molecule has 2 atom stereocenters. The second-order valence-electron chi connectivity index (χ2n) is 7.61. The largest absolute Gasteiger partial charge is 0.381 e. The van der Waals surface area contributed by atoms with Crippen LogP contribution in [0.15, 0.2) is 0 Å². The molecule has 0 aromatic rings. The van der Waals surface area contributed by atoms with Gasteiger partial charge in [0.05, 0.1) is 6.61 Å². The van der Waals surface area contributed by atoms with Gasteiger partial charge >= 0.3 is 6.03 Å². The highest BCUT2D eigenvalue weighted by atomic mass is 16.5. The Morgan fingerprint density at radius 1 is 1.40 bits per heavy atom. The van der Waals surface area contributed by atoms with Crippen LogP contribution in [-0.4, -0.2) is 43.8 Å². The van der Waals surface area contributed by atoms with E-state index in [1.54, 1.807) is 4.90 Å². The van der Waals surface area contributed by atoms with E-state index >= 15 is 0 Å². The van der Waals surface area contributed by atoms with Crippen molar-refractivity contribution < 1.29 is 9.53 Å². The van der Waals surface area contributed by atoms with Crippen molar-refractivity contribution in [1.29, 1.82) is 0 Å². The van der Waals surface area contributed by atoms with Crippen molar-refractivity contribution in [3.63, 3.8) is 0 Å². The fourth-order valence-electron chi connectivity index (χ4n) is 2.56. The Balaban J connectivity index is 2.51. The highest BCUT2D eigenvalue weighted by Crippen LogP contribution is 2.25. The number of amides is 2. The number of urea groups is 1. The Hall–Kier alpha value is -0.770. The standard InChI is InChI=1S/C16H32N2O2/c1-12(2)9-14(16(3,4)5)17-15(19)18(6)10-13-7-8-20-11-13/h12-14H,7-11H2,1-6H3,(H,17,19)/t13-,14-/m1/s1. The summed E-state index contributed by atoms with van der Waals surface area (Å²) in [6.07, 6.45) is 2.07. The van der Waals surface area contributed by atoms with Crippen LogP contribution in [0, 0.1) is 17.3 Å². The Kier molecular flexibility index (Phi) is 6.31. The molecule has 1 aliphatic rings. The van der Waals surface area contributed by atoms with Gasteiger partial charge < -0.3 is 15.0 Å². The van der Waals surface area contributed by atoms with Crippen molar-refractivity contribution in [3.8, 4) is 0 Å². The maximum atomic E-state index is 12.3. The number of hydrogen-bond acceptors (Lipinski definition) is 2. The highest BCUT2D eigenvalue weighted by molar-refractivity contribution is 5.74. The predicted octanol–water partition coefficient (Wildman–Crippen LogP) is 3.13. The smallest absolute Gasteiger partial charge is 0.317 e. The summed E-state index contributed by atoms with van der Waals surface area (Å²) in [6.45, 7) is 13.4. The molecular weight excluding hydrogens is 252 g/mol. The molecule has 1 N–H and O–H groups in total. The van der Waals surface area contributed by atoms with Crippen molar-refractivity contribution in [2.24, 2.45) is 17.3 Å². The maximum Gasteiger partial charge on any atom is 0.317 e. The number of carbonyl (C=O) groups is 1. The molecule has 4 heteroatoms. The van der Waals surface area contributed by atoms with E-state index < -0.39 is 0 Å². The van der Waals surface area contributed by atoms with Gasteiger partial charge in [-0.3, -0.25) is 0 Å². The molecule has 0 radical (unpaired) electrons. The summed E-state index contributed by atoms with van der Waals surface area (Å²) >= 11 is 0. The molecule has 0 aliphatic carbocycles. The van der Waals surface area contributed by atoms with Crippen LogP contribution in [0.5, 0.6) is 0 Å². The SMILES string of the molecule is CC(C)C[C@@H](NC(=O)N(C)C[C@H]1CCOC1)C(C)(C)C. The molecule has 1 aliphatic heterocycles. The van der Waals surface area contributed by atoms with Gasteiger partial charge in [-0.25, -0.2) is 4.79 Å². The van der Waals surface area contributed by atoms with Crippen LogP contribution in [0.2, 0.25) is 0 Å². The fraction of sp³-hybridized carbons (Fsp3) is 0.938. The lowest BCUT2D eigenvalue weighted by molar-refractivity contribution is 0.162. The summed E-state index contributed by atoms with van der Waals surface area (Å²) in [4.78, 5) is 14.1. The average molecular weight is 284 g/mol. The first-order valence-corrected chi connectivity index (χ1v) is 7.79. The lowest BCUT2D eigenvalue weighted by Gasteiger charge is -2.34. The summed E-state index contributed by atoms with van der Waals surface area (Å²) in [5, 5.41) is 3.21. The molecule has 0 aromatic heterocycles. The topological polar surface area (TPSA) is 41.6 Å². The molecule has 0 aromatic carbocycles. The quantitative estimate of drug-likeness (QED) is 0.842. The van der Waals surface area contributed by atoms with Crippen LogP contribution in [0.4, 0.5) is 4.79 Å². The second-order valence-corrected chi connectivity index (χ2v) is 7.61. The van der Waals surface area contributed by atoms with E-state index in [2.05, 4.69) is 39.9 Å². The Morgan fingerprint density at radius 2 is 2.05 bits per heavy atom. The molecule has 118 valence electrons. The van der Waals surface area contributed by atoms with Gasteiger partial charge in [0.25, 0.3) is 0 Å². The van der Waals surface area contributed by atoms with Gasteiger partial charge in [-0.2, -0.15) is 0 Å². The maximum absolute atomic E-state index is 12.3. The Bertz CT molecular complexity index is 304. The van der Waals surface area contributed by atoms with E-state index in [1.807, 2.05) is 7.05 Å². The van der Waals surface area contributed by atoms with Crippen molar-refractivity contribution in [2.75, 3.05) is 26.8 Å². The molecule has 1 heterocycles. The summed E-state index contributed by atoms with van der Waals surface area (Å²) in [5.41, 5.74) is 0.0806. The zero-order valence-electron chi connectivity index (χ0n) is 14.0. The molecule has 1 fully saturated rings. The van der Waals surface area contributed by atoms with Gasteiger partial charge in [-0.1, -0.05) is 34.6 Å². The highest BCUT2D eigenvalue weighted by Gasteiger charge is 2.28. The molecule has 2 amide bonds. The molecule has 1 saturated heterocycles. The van der Waals surface area contributed by atoms with Crippen LogP contribution >= 0.6 is 0 Å². The molecule has 0 saturated carbocycles. The van der Waals surface area contributed by atoms with Crippen LogP contribution in [0.1, 0.15) is 47.5 Å². The van der Waals surface area contributed by atoms with Gasteiger partial charge in [0, 0.05) is 32.2 Å². The van der Waals surface area contributed by atoms with E-state index in [9.17, 15) is 4.79 Å². The summed E-state index contributed by atoms with van der Waals surface area (Å²) in [5.74, 6) is 1.07. The van der Waals surface area contributed by atoms with Crippen LogP contribution < -0.4 is 5.32 Å². The van der Waals surface area contributed by atoms with E-state index in [0.717, 1.165) is 32.6 Å². The molecular formula is C16H32N2O2. The Morgan fingerprint density at radius 3 is 2.50 bits per heavy atom. The minimum Gasteiger partial charge on any atom is -0.381 e. The number of nitrogens with zero attached hydrogens (tertiary/aromatic N) is 1. The molecule has 0 spiro atoms. The van der Waals surface area contributed by atoms with Crippen LogP contribution in [-0.2, 0) is 4.74 Å². The average Bonchev–Trinajstić information content (AvgIpc) is 2.78. The van der Waals surface area contributed by atoms with Crippen molar-refractivity contribution >= 4 is 6.03 Å². The fourth-order valence-corrected chi connectivity index (χ4v) is 2.56. The van der Waals surface area contributed by atoms with Crippen LogP contribution in [0.25, 0.3) is 0 Å². The number of rotatable bonds is 5. The van der Waals surface area contributed by atoms with Gasteiger partial charge in [0.1, 0.15) is 0 Å². The molecule has 0 unspecified atom stereocenters. The van der Waals surface area contributed by atoms with Crippen molar-refractivity contribution in [3.05, 3.63) is 0 Å². The van der Waals surface area contributed by atoms with Gasteiger partial charge in [-0.05, 0) is 24.2 Å². The lowest BCUT2D eigenvalue weighted by Crippen LogP contribution is -2.50. The first kappa shape index (κ1) is 17.3. The first-order valence-electron chi connectivity index (χ1n) is 7.79. The monoisotopic (exact) mass is 284 g/mol. The minimum atomic E-state index is 0.0393. The number of carbonyl (C=O) groups excluding carboxylic acids is 1. The van der Waals surface area contributed by atoms with E-state index in [1.165, 1.54) is 0 Å². The number of nitrogens with one attached hydrogen (secondary N) is 1. The third-order valence-electron chi connectivity index (χ3n) is 3.95. The third-order valence-corrected chi connectivity index (χ3v) is 3.95. The first-order chi connectivity index (χ1) is 9.20. The van der Waals surface area contributed by atoms with Gasteiger partial charge in [0.2, 0.25) is 0 Å². The molecule has 20 heavy (non-hydrogen) atoms. The van der Waals surface area contributed by atoms with Gasteiger partial charge in [-0.15, -0.1) is 0 Å². The third kappa shape index (κ3) is 5.70. The second kappa shape index (κ2) is 7.30. The summed E-state index contributed by atoms with van der Waals surface area (Å²) < 4.78 is 5.37. The van der Waals surface area contributed by atoms with E-state index in [4.69, 9.17) is 4.74 Å². The summed E-state index contributed by atoms with van der Waals surface area (Å²) in [7, 11) is 1.88. The molecule has 4 nitrogen and oxygen atoms in total. The van der Waals surface area contributed by atoms with Crippen molar-refractivity contribution in [2.45, 2.75) is 53.5 Å². The van der Waals surface area contributed by atoms with Gasteiger partial charge in [0.15, 0.2) is 0 Å². The zero-order chi connectivity index (χ0) is 15.3. The van der Waals surface area contributed by atoms with Crippen LogP contribution in [0.3, 0.4) is 0 Å². The molecule has 1 rings (SSSR count). The lowest BCUT2D eigenvalue weighted by atomic mass is 9.82. The number of ether oxygens (including phenoxy) is 1. The van der Waals surface area contributed by atoms with Crippen molar-refractivity contribution in [1.82, 2.24) is 10.2 Å². The minimum absolute atomic E-state index is 0.0393. The Labute approximate surface area is 124 Å².